The van der Waals surface area contributed by atoms with Gasteiger partial charge < -0.3 is 24.2 Å². The highest BCUT2D eigenvalue weighted by molar-refractivity contribution is 7.71. The van der Waals surface area contributed by atoms with Gasteiger partial charge in [-0.15, -0.1) is 0 Å². The summed E-state index contributed by atoms with van der Waals surface area (Å²) in [5, 5.41) is 20.4. The number of hydrogen-bond acceptors (Lipinski definition) is 10. The lowest BCUT2D eigenvalue weighted by Crippen LogP contribution is -2.43. The molecule has 2 aromatic rings. The number of H-pyrrole nitrogens is 1. The number of phosphoric acid groups is 1. The SMILES string of the molecule is COc1cccc2c1OP(=O)(OC[C@@]1(F)O[C@@H](n3cc(F)c(=O)[nH]c3=S)[C@H](O)[C@@H]1O)OC2. The molecule has 0 radical (unpaired) electrons. The first kappa shape index (κ1) is 23.0. The van der Waals surface area contributed by atoms with Crippen molar-refractivity contribution in [1.82, 2.24) is 9.55 Å². The van der Waals surface area contributed by atoms with Gasteiger partial charge in [0.2, 0.25) is 5.82 Å². The van der Waals surface area contributed by atoms with E-state index < -0.39 is 54.9 Å². The summed E-state index contributed by atoms with van der Waals surface area (Å²) in [6, 6.07) is 4.84. The van der Waals surface area contributed by atoms with Gasteiger partial charge in [-0.05, 0) is 18.3 Å². The van der Waals surface area contributed by atoms with Gasteiger partial charge in [-0.1, -0.05) is 12.1 Å². The number of benzene rings is 1. The lowest BCUT2D eigenvalue weighted by Gasteiger charge is -2.29. The van der Waals surface area contributed by atoms with Gasteiger partial charge in [0.15, 0.2) is 22.5 Å². The predicted molar refractivity (Wildman–Crippen MR) is 104 cm³/mol. The number of para-hydroxylation sites is 1. The van der Waals surface area contributed by atoms with Gasteiger partial charge in [-0.3, -0.25) is 23.4 Å². The maximum atomic E-state index is 15.3. The van der Waals surface area contributed by atoms with E-state index in [0.29, 0.717) is 11.8 Å². The first-order valence-corrected chi connectivity index (χ1v) is 10.9. The standard InChI is InChI=1S/C17H17F2N2O9PS/c1-26-10-4-2-3-8-6-27-31(25,30-12(8)10)28-7-17(19)13(23)11(22)15(29-17)21-5-9(18)14(24)20-16(21)32/h2-5,11,13,15,22-23H,6-7H2,1H3,(H,20,24,32)/t11-,13+,15-,17-,31?/m1/s1. The Kier molecular flexibility index (Phi) is 5.96. The molecule has 0 saturated carbocycles. The number of methoxy groups -OCH3 is 1. The van der Waals surface area contributed by atoms with Gasteiger partial charge in [0.25, 0.3) is 11.4 Å². The summed E-state index contributed by atoms with van der Waals surface area (Å²) in [6.45, 7) is -1.38. The molecule has 0 bridgehead atoms. The summed E-state index contributed by atoms with van der Waals surface area (Å²) < 4.78 is 67.7. The Morgan fingerprint density at radius 1 is 1.44 bits per heavy atom. The second-order valence-corrected chi connectivity index (χ2v) is 8.89. The average molecular weight is 494 g/mol. The highest BCUT2D eigenvalue weighted by atomic mass is 32.1. The molecular weight excluding hydrogens is 477 g/mol. The molecule has 2 aliphatic heterocycles. The van der Waals surface area contributed by atoms with Crippen molar-refractivity contribution >= 4 is 20.0 Å². The molecule has 1 unspecified atom stereocenters. The highest BCUT2D eigenvalue weighted by Crippen LogP contribution is 2.57. The van der Waals surface area contributed by atoms with E-state index >= 15 is 4.39 Å². The van der Waals surface area contributed by atoms with E-state index in [-0.39, 0.29) is 18.1 Å². The molecule has 1 saturated heterocycles. The number of hydrogen-bond donors (Lipinski definition) is 3. The largest absolute Gasteiger partial charge is 0.530 e. The molecule has 3 heterocycles. The molecule has 5 atom stereocenters. The van der Waals surface area contributed by atoms with E-state index in [2.05, 4.69) is 0 Å². The Bertz CT molecular complexity index is 1190. The molecule has 3 N–H and O–H groups in total. The summed E-state index contributed by atoms with van der Waals surface area (Å²) >= 11 is 4.87. The summed E-state index contributed by atoms with van der Waals surface area (Å²) in [4.78, 5) is 13.3. The van der Waals surface area contributed by atoms with Gasteiger partial charge in [0.1, 0.15) is 18.8 Å². The number of nitrogens with zero attached hydrogens (tertiary/aromatic N) is 1. The normalized spacial score (nSPS) is 31.7. The van der Waals surface area contributed by atoms with Gasteiger partial charge in [-0.25, -0.2) is 8.96 Å². The van der Waals surface area contributed by atoms with E-state index in [1.165, 1.54) is 7.11 Å². The molecule has 0 spiro atoms. The van der Waals surface area contributed by atoms with Gasteiger partial charge in [0.05, 0.1) is 19.9 Å². The zero-order valence-corrected chi connectivity index (χ0v) is 18.0. The van der Waals surface area contributed by atoms with Crippen molar-refractivity contribution in [3.05, 3.63) is 50.9 Å². The van der Waals surface area contributed by atoms with Crippen LogP contribution in [0.25, 0.3) is 0 Å². The topological polar surface area (TPSA) is 141 Å². The number of aromatic amines is 1. The number of aliphatic hydroxyl groups is 2. The second kappa shape index (κ2) is 8.30. The highest BCUT2D eigenvalue weighted by Gasteiger charge is 2.57. The maximum absolute atomic E-state index is 15.3. The van der Waals surface area contributed by atoms with E-state index in [9.17, 15) is 24.0 Å². The molecule has 4 rings (SSSR count). The predicted octanol–water partition coefficient (Wildman–Crippen LogP) is 1.70. The molecule has 174 valence electrons. The van der Waals surface area contributed by atoms with Crippen molar-refractivity contribution in [2.24, 2.45) is 0 Å². The Hall–Kier alpha value is -2.19. The van der Waals surface area contributed by atoms with Gasteiger partial charge >= 0.3 is 7.82 Å². The number of rotatable bonds is 5. The molecule has 2 aliphatic rings. The van der Waals surface area contributed by atoms with Crippen LogP contribution in [0.2, 0.25) is 0 Å². The number of fused-ring (bicyclic) bond motifs is 1. The zero-order valence-electron chi connectivity index (χ0n) is 16.3. The second-order valence-electron chi connectivity index (χ2n) is 6.91. The summed E-state index contributed by atoms with van der Waals surface area (Å²) in [5.41, 5.74) is -0.619. The maximum Gasteiger partial charge on any atom is 0.530 e. The van der Waals surface area contributed by atoms with Crippen molar-refractivity contribution in [3.63, 3.8) is 0 Å². The van der Waals surface area contributed by atoms with Crippen LogP contribution in [-0.4, -0.2) is 51.5 Å². The van der Waals surface area contributed by atoms with Crippen LogP contribution in [-0.2, 0) is 25.0 Å². The monoisotopic (exact) mass is 494 g/mol. The minimum absolute atomic E-state index is 0.0818. The van der Waals surface area contributed by atoms with Crippen molar-refractivity contribution < 1.29 is 46.6 Å². The molecule has 1 aromatic carbocycles. The van der Waals surface area contributed by atoms with E-state index in [4.69, 9.17) is 35.3 Å². The lowest BCUT2D eigenvalue weighted by atomic mass is 10.1. The zero-order chi connectivity index (χ0) is 23.3. The number of alkyl halides is 1. The van der Waals surface area contributed by atoms with Crippen LogP contribution in [0.15, 0.2) is 29.2 Å². The Morgan fingerprint density at radius 3 is 2.91 bits per heavy atom. The quantitative estimate of drug-likeness (QED) is 0.415. The Labute approximate surface area is 183 Å². The van der Waals surface area contributed by atoms with Crippen LogP contribution in [0.5, 0.6) is 11.5 Å². The smallest absolute Gasteiger partial charge is 0.493 e. The fraction of sp³-hybridized carbons (Fsp3) is 0.412. The molecule has 32 heavy (non-hydrogen) atoms. The number of aliphatic hydroxyl groups excluding tert-OH is 2. The van der Waals surface area contributed by atoms with Gasteiger partial charge in [-0.2, -0.15) is 4.39 Å². The first-order chi connectivity index (χ1) is 15.1. The number of ether oxygens (including phenoxy) is 2. The van der Waals surface area contributed by atoms with Crippen LogP contribution in [0.4, 0.5) is 8.78 Å². The van der Waals surface area contributed by atoms with E-state index in [0.717, 1.165) is 4.57 Å². The Balaban J connectivity index is 1.53. The van der Waals surface area contributed by atoms with Crippen LogP contribution in [0.1, 0.15) is 11.8 Å². The molecule has 11 nitrogen and oxygen atoms in total. The third-order valence-electron chi connectivity index (χ3n) is 4.85. The molecule has 1 aromatic heterocycles. The van der Waals surface area contributed by atoms with Crippen molar-refractivity contribution in [2.75, 3.05) is 13.7 Å². The Morgan fingerprint density at radius 2 is 2.19 bits per heavy atom. The molecule has 1 fully saturated rings. The average Bonchev–Trinajstić information content (AvgIpc) is 2.99. The summed E-state index contributed by atoms with van der Waals surface area (Å²) in [5.74, 6) is -4.07. The van der Waals surface area contributed by atoms with Crippen molar-refractivity contribution in [3.8, 4) is 11.5 Å². The first-order valence-electron chi connectivity index (χ1n) is 9.05. The lowest BCUT2D eigenvalue weighted by molar-refractivity contribution is -0.205. The van der Waals surface area contributed by atoms with Crippen molar-refractivity contribution in [2.45, 2.75) is 30.9 Å². The fourth-order valence-corrected chi connectivity index (χ4v) is 4.69. The molecule has 15 heteroatoms. The number of halogens is 2. The van der Waals surface area contributed by atoms with E-state index in [1.807, 2.05) is 4.98 Å². The minimum Gasteiger partial charge on any atom is -0.493 e. The minimum atomic E-state index is -4.37. The fourth-order valence-electron chi connectivity index (χ4n) is 3.20. The number of nitrogens with one attached hydrogen (secondary N) is 1. The van der Waals surface area contributed by atoms with Crippen LogP contribution in [0.3, 0.4) is 0 Å². The van der Waals surface area contributed by atoms with Crippen LogP contribution >= 0.6 is 20.0 Å². The molecule has 0 amide bonds. The molecule has 0 aliphatic carbocycles. The van der Waals surface area contributed by atoms with Crippen molar-refractivity contribution in [1.29, 1.82) is 0 Å². The van der Waals surface area contributed by atoms with Crippen LogP contribution in [0, 0.1) is 10.6 Å². The van der Waals surface area contributed by atoms with E-state index in [1.54, 1.807) is 18.2 Å². The van der Waals surface area contributed by atoms with Gasteiger partial charge in [0, 0.05) is 5.56 Å². The number of aromatic nitrogens is 2. The number of phosphoric ester groups is 1. The summed E-state index contributed by atoms with van der Waals surface area (Å²) in [7, 11) is -3.00. The molecular formula is C17H17F2N2O9PS. The third kappa shape index (κ3) is 3.99. The van der Waals surface area contributed by atoms with Crippen LogP contribution < -0.4 is 14.8 Å². The summed E-state index contributed by atoms with van der Waals surface area (Å²) in [6.07, 6.45) is -5.31. The third-order valence-corrected chi connectivity index (χ3v) is 6.46.